The first kappa shape index (κ1) is 20.4. The van der Waals surface area contributed by atoms with Crippen molar-refractivity contribution in [1.29, 1.82) is 0 Å². The highest BCUT2D eigenvalue weighted by Crippen LogP contribution is 2.33. The minimum atomic E-state index is -3.42. The standard InChI is InChI=1S/C22H27NO4S/c1-16(2)27-19-13-11-18(12-14-19)23-22(24)17-7-6-10-21(15-17)28(25,26)20-8-4-3-5-9-20/h3-5,8-9,11-14,16-17,21H,6-7,10,15H2,1-2H3,(H,23,24). The molecule has 1 saturated carbocycles. The van der Waals surface area contributed by atoms with Crippen LogP contribution in [0.15, 0.2) is 59.5 Å². The van der Waals surface area contributed by atoms with E-state index in [1.54, 1.807) is 42.5 Å². The molecule has 0 radical (unpaired) electrons. The van der Waals surface area contributed by atoms with Gasteiger partial charge < -0.3 is 10.1 Å². The highest BCUT2D eigenvalue weighted by molar-refractivity contribution is 7.92. The van der Waals surface area contributed by atoms with Crippen LogP contribution in [0.4, 0.5) is 5.69 Å². The smallest absolute Gasteiger partial charge is 0.227 e. The van der Waals surface area contributed by atoms with E-state index in [1.807, 2.05) is 26.0 Å². The van der Waals surface area contributed by atoms with Gasteiger partial charge in [-0.3, -0.25) is 4.79 Å². The van der Waals surface area contributed by atoms with Gasteiger partial charge >= 0.3 is 0 Å². The number of benzene rings is 2. The molecule has 150 valence electrons. The van der Waals surface area contributed by atoms with E-state index in [0.29, 0.717) is 29.8 Å². The maximum absolute atomic E-state index is 12.9. The van der Waals surface area contributed by atoms with Gasteiger partial charge in [0.25, 0.3) is 0 Å². The van der Waals surface area contributed by atoms with Gasteiger partial charge in [0.05, 0.1) is 16.2 Å². The Balaban J connectivity index is 1.64. The average Bonchev–Trinajstić information content (AvgIpc) is 2.70. The number of sulfone groups is 1. The van der Waals surface area contributed by atoms with E-state index < -0.39 is 15.1 Å². The van der Waals surface area contributed by atoms with E-state index >= 15 is 0 Å². The summed E-state index contributed by atoms with van der Waals surface area (Å²) in [6, 6.07) is 15.7. The molecule has 1 fully saturated rings. The van der Waals surface area contributed by atoms with Crippen molar-refractivity contribution in [1.82, 2.24) is 0 Å². The summed E-state index contributed by atoms with van der Waals surface area (Å²) in [5.74, 6) is 0.328. The Bertz CT molecular complexity index is 892. The van der Waals surface area contributed by atoms with Crippen molar-refractivity contribution in [2.75, 3.05) is 5.32 Å². The van der Waals surface area contributed by atoms with Crippen LogP contribution in [-0.2, 0) is 14.6 Å². The third-order valence-electron chi connectivity index (χ3n) is 5.00. The van der Waals surface area contributed by atoms with Gasteiger partial charge in [0, 0.05) is 11.6 Å². The Kier molecular flexibility index (Phi) is 6.39. The van der Waals surface area contributed by atoms with Gasteiger partial charge in [-0.05, 0) is 69.5 Å². The zero-order valence-corrected chi connectivity index (χ0v) is 17.1. The average molecular weight is 402 g/mol. The van der Waals surface area contributed by atoms with E-state index in [0.717, 1.165) is 12.2 Å². The molecular formula is C22H27NO4S. The first-order chi connectivity index (χ1) is 13.4. The number of carbonyl (C=O) groups is 1. The van der Waals surface area contributed by atoms with Crippen molar-refractivity contribution in [3.63, 3.8) is 0 Å². The predicted octanol–water partition coefficient (Wildman–Crippen LogP) is 4.45. The van der Waals surface area contributed by atoms with E-state index in [4.69, 9.17) is 4.74 Å². The summed E-state index contributed by atoms with van der Waals surface area (Å²) in [6.45, 7) is 3.91. The number of carbonyl (C=O) groups excluding carboxylic acids is 1. The van der Waals surface area contributed by atoms with Crippen molar-refractivity contribution in [3.05, 3.63) is 54.6 Å². The lowest BCUT2D eigenvalue weighted by molar-refractivity contribution is -0.120. The largest absolute Gasteiger partial charge is 0.491 e. The molecule has 2 unspecified atom stereocenters. The molecule has 1 aliphatic carbocycles. The fraction of sp³-hybridized carbons (Fsp3) is 0.409. The highest BCUT2D eigenvalue weighted by Gasteiger charge is 2.35. The molecule has 2 atom stereocenters. The summed E-state index contributed by atoms with van der Waals surface area (Å²) < 4.78 is 31.4. The summed E-state index contributed by atoms with van der Waals surface area (Å²) in [5.41, 5.74) is 0.689. The normalized spacial score (nSPS) is 20.0. The molecule has 0 heterocycles. The number of ether oxygens (including phenoxy) is 1. The summed E-state index contributed by atoms with van der Waals surface area (Å²) in [5, 5.41) is 2.40. The minimum Gasteiger partial charge on any atom is -0.491 e. The maximum atomic E-state index is 12.9. The number of anilines is 1. The Morgan fingerprint density at radius 3 is 2.36 bits per heavy atom. The quantitative estimate of drug-likeness (QED) is 0.776. The first-order valence-corrected chi connectivity index (χ1v) is 11.3. The van der Waals surface area contributed by atoms with E-state index in [-0.39, 0.29) is 17.9 Å². The highest BCUT2D eigenvalue weighted by atomic mass is 32.2. The summed E-state index contributed by atoms with van der Waals surface area (Å²) in [6.07, 6.45) is 2.49. The molecule has 1 aliphatic rings. The van der Waals surface area contributed by atoms with Gasteiger partial charge in [-0.25, -0.2) is 8.42 Å². The monoisotopic (exact) mass is 401 g/mol. The number of hydrogen-bond donors (Lipinski definition) is 1. The Labute approximate surface area is 167 Å². The molecule has 2 aromatic carbocycles. The SMILES string of the molecule is CC(C)Oc1ccc(NC(=O)C2CCCC(S(=O)(=O)c3ccccc3)C2)cc1. The number of rotatable bonds is 6. The Morgan fingerprint density at radius 2 is 1.71 bits per heavy atom. The zero-order valence-electron chi connectivity index (χ0n) is 16.3. The second-order valence-corrected chi connectivity index (χ2v) is 9.75. The third kappa shape index (κ3) is 4.93. The fourth-order valence-corrected chi connectivity index (χ4v) is 5.48. The molecule has 5 nitrogen and oxygen atoms in total. The predicted molar refractivity (Wildman–Crippen MR) is 110 cm³/mol. The van der Waals surface area contributed by atoms with Crippen LogP contribution >= 0.6 is 0 Å². The summed E-state index contributed by atoms with van der Waals surface area (Å²) in [7, 11) is -3.42. The van der Waals surface area contributed by atoms with Crippen LogP contribution in [0.2, 0.25) is 0 Å². The topological polar surface area (TPSA) is 72.5 Å². The van der Waals surface area contributed by atoms with Crippen LogP contribution in [-0.4, -0.2) is 25.7 Å². The number of hydrogen-bond acceptors (Lipinski definition) is 4. The number of amides is 1. The second kappa shape index (κ2) is 8.78. The molecular weight excluding hydrogens is 374 g/mol. The van der Waals surface area contributed by atoms with Gasteiger partial charge in [-0.2, -0.15) is 0 Å². The molecule has 0 spiro atoms. The van der Waals surface area contributed by atoms with E-state index in [1.165, 1.54) is 0 Å². The van der Waals surface area contributed by atoms with Crippen molar-refractivity contribution in [2.24, 2.45) is 5.92 Å². The van der Waals surface area contributed by atoms with Crippen molar-refractivity contribution >= 4 is 21.4 Å². The van der Waals surface area contributed by atoms with Gasteiger partial charge in [0.1, 0.15) is 5.75 Å². The van der Waals surface area contributed by atoms with Crippen LogP contribution in [0.25, 0.3) is 0 Å². The molecule has 6 heteroatoms. The lowest BCUT2D eigenvalue weighted by atomic mass is 9.88. The van der Waals surface area contributed by atoms with Crippen LogP contribution in [0.5, 0.6) is 5.75 Å². The lowest BCUT2D eigenvalue weighted by Crippen LogP contribution is -2.34. The van der Waals surface area contributed by atoms with Gasteiger partial charge in [0.15, 0.2) is 9.84 Å². The van der Waals surface area contributed by atoms with Crippen LogP contribution in [0, 0.1) is 5.92 Å². The van der Waals surface area contributed by atoms with Gasteiger partial charge in [-0.15, -0.1) is 0 Å². The Hall–Kier alpha value is -2.34. The fourth-order valence-electron chi connectivity index (χ4n) is 3.60. The van der Waals surface area contributed by atoms with Crippen molar-refractivity contribution in [2.45, 2.75) is 55.8 Å². The molecule has 28 heavy (non-hydrogen) atoms. The molecule has 0 aromatic heterocycles. The van der Waals surface area contributed by atoms with Crippen LogP contribution in [0.1, 0.15) is 39.5 Å². The Morgan fingerprint density at radius 1 is 1.04 bits per heavy atom. The van der Waals surface area contributed by atoms with Crippen LogP contribution in [0.3, 0.4) is 0 Å². The minimum absolute atomic E-state index is 0.0891. The first-order valence-electron chi connectivity index (χ1n) is 9.73. The van der Waals surface area contributed by atoms with Gasteiger partial charge in [0.2, 0.25) is 5.91 Å². The lowest BCUT2D eigenvalue weighted by Gasteiger charge is -2.28. The molecule has 0 saturated heterocycles. The van der Waals surface area contributed by atoms with Crippen molar-refractivity contribution < 1.29 is 17.9 Å². The third-order valence-corrected chi connectivity index (χ3v) is 7.24. The van der Waals surface area contributed by atoms with Crippen LogP contribution < -0.4 is 10.1 Å². The zero-order chi connectivity index (χ0) is 20.1. The number of nitrogens with one attached hydrogen (secondary N) is 1. The van der Waals surface area contributed by atoms with E-state index in [2.05, 4.69) is 5.32 Å². The summed E-state index contributed by atoms with van der Waals surface area (Å²) >= 11 is 0. The molecule has 2 aromatic rings. The van der Waals surface area contributed by atoms with Gasteiger partial charge in [-0.1, -0.05) is 24.6 Å². The second-order valence-electron chi connectivity index (χ2n) is 7.52. The maximum Gasteiger partial charge on any atom is 0.227 e. The molecule has 0 bridgehead atoms. The summed E-state index contributed by atoms with van der Waals surface area (Å²) in [4.78, 5) is 13.0. The molecule has 1 amide bonds. The van der Waals surface area contributed by atoms with Crippen molar-refractivity contribution in [3.8, 4) is 5.75 Å². The molecule has 3 rings (SSSR count). The molecule has 0 aliphatic heterocycles. The molecule has 1 N–H and O–H groups in total. The van der Waals surface area contributed by atoms with E-state index in [9.17, 15) is 13.2 Å².